The van der Waals surface area contributed by atoms with Gasteiger partial charge in [-0.15, -0.1) is 0 Å². The van der Waals surface area contributed by atoms with Crippen molar-refractivity contribution in [1.29, 1.82) is 0 Å². The summed E-state index contributed by atoms with van der Waals surface area (Å²) in [5.74, 6) is 0.315. The molecule has 0 aliphatic rings. The number of benzene rings is 1. The number of phenols is 1. The first-order valence-electron chi connectivity index (χ1n) is 5.73. The second-order valence-electron chi connectivity index (χ2n) is 4.40. The third kappa shape index (κ3) is 3.49. The van der Waals surface area contributed by atoms with Crippen molar-refractivity contribution >= 4 is 15.9 Å². The number of hydrogen-bond donors (Lipinski definition) is 2. The monoisotopic (exact) mass is 285 g/mol. The van der Waals surface area contributed by atoms with Crippen LogP contribution in [0.5, 0.6) is 5.75 Å². The minimum absolute atomic E-state index is 0.172. The first kappa shape index (κ1) is 13.5. The molecule has 0 aliphatic heterocycles. The Morgan fingerprint density at radius 2 is 1.94 bits per heavy atom. The first-order valence-corrected chi connectivity index (χ1v) is 6.52. The van der Waals surface area contributed by atoms with Crippen molar-refractivity contribution in [3.63, 3.8) is 0 Å². The molecule has 0 saturated heterocycles. The van der Waals surface area contributed by atoms with Crippen LogP contribution in [0.3, 0.4) is 0 Å². The van der Waals surface area contributed by atoms with E-state index in [9.17, 15) is 5.11 Å². The first-order chi connectivity index (χ1) is 7.50. The number of halogens is 1. The zero-order valence-electron chi connectivity index (χ0n) is 10.2. The molecule has 0 heterocycles. The Kier molecular flexibility index (Phi) is 4.81. The van der Waals surface area contributed by atoms with Crippen LogP contribution in [0.4, 0.5) is 0 Å². The number of hydrogen-bond acceptors (Lipinski definition) is 2. The van der Waals surface area contributed by atoms with Gasteiger partial charge in [0, 0.05) is 16.6 Å². The maximum absolute atomic E-state index is 9.43. The largest absolute Gasteiger partial charge is 0.508 e. The standard InChI is InChI=1S/C13H20BrNO/c1-4-13(3,5-2)15-9-10-8-11(16)6-7-12(10)14/h6-8,15-16H,4-5,9H2,1-3H3. The second kappa shape index (κ2) is 5.69. The summed E-state index contributed by atoms with van der Waals surface area (Å²) in [5.41, 5.74) is 1.26. The molecule has 0 atom stereocenters. The van der Waals surface area contributed by atoms with E-state index in [0.717, 1.165) is 29.4 Å². The van der Waals surface area contributed by atoms with Gasteiger partial charge in [0.25, 0.3) is 0 Å². The van der Waals surface area contributed by atoms with E-state index in [-0.39, 0.29) is 5.54 Å². The SMILES string of the molecule is CCC(C)(CC)NCc1cc(O)ccc1Br. The zero-order chi connectivity index (χ0) is 12.2. The Morgan fingerprint density at radius 1 is 1.31 bits per heavy atom. The smallest absolute Gasteiger partial charge is 0.115 e. The van der Waals surface area contributed by atoms with Crippen molar-refractivity contribution in [3.8, 4) is 5.75 Å². The van der Waals surface area contributed by atoms with Crippen LogP contribution in [0.25, 0.3) is 0 Å². The Hall–Kier alpha value is -0.540. The maximum Gasteiger partial charge on any atom is 0.115 e. The van der Waals surface area contributed by atoms with Gasteiger partial charge in [0.15, 0.2) is 0 Å². The average Bonchev–Trinajstić information content (AvgIpc) is 2.30. The molecule has 1 rings (SSSR count). The molecule has 1 aromatic carbocycles. The van der Waals surface area contributed by atoms with Crippen LogP contribution in [0, 0.1) is 0 Å². The summed E-state index contributed by atoms with van der Waals surface area (Å²) in [4.78, 5) is 0. The zero-order valence-corrected chi connectivity index (χ0v) is 11.8. The third-order valence-corrected chi connectivity index (χ3v) is 4.07. The Bertz CT molecular complexity index is 348. The van der Waals surface area contributed by atoms with E-state index >= 15 is 0 Å². The molecule has 0 radical (unpaired) electrons. The average molecular weight is 286 g/mol. The molecule has 90 valence electrons. The Balaban J connectivity index is 2.70. The maximum atomic E-state index is 9.43. The molecule has 0 spiro atoms. The van der Waals surface area contributed by atoms with Gasteiger partial charge in [-0.3, -0.25) is 0 Å². The molecule has 0 aromatic heterocycles. The molecule has 0 saturated carbocycles. The molecule has 2 nitrogen and oxygen atoms in total. The Morgan fingerprint density at radius 3 is 2.50 bits per heavy atom. The van der Waals surface area contributed by atoms with Gasteiger partial charge in [0.2, 0.25) is 0 Å². The van der Waals surface area contributed by atoms with Crippen molar-refractivity contribution in [2.75, 3.05) is 0 Å². The van der Waals surface area contributed by atoms with Crippen LogP contribution >= 0.6 is 15.9 Å². The normalized spacial score (nSPS) is 11.8. The van der Waals surface area contributed by atoms with Crippen molar-refractivity contribution in [1.82, 2.24) is 5.32 Å². The van der Waals surface area contributed by atoms with Crippen LogP contribution in [-0.4, -0.2) is 10.6 Å². The highest BCUT2D eigenvalue weighted by Gasteiger charge is 2.18. The molecule has 2 N–H and O–H groups in total. The van der Waals surface area contributed by atoms with Crippen LogP contribution in [-0.2, 0) is 6.54 Å². The summed E-state index contributed by atoms with van der Waals surface area (Å²) in [5, 5.41) is 13.0. The van der Waals surface area contributed by atoms with Gasteiger partial charge in [-0.25, -0.2) is 0 Å². The van der Waals surface area contributed by atoms with Gasteiger partial charge in [-0.1, -0.05) is 29.8 Å². The van der Waals surface area contributed by atoms with E-state index in [2.05, 4.69) is 42.0 Å². The van der Waals surface area contributed by atoms with Gasteiger partial charge in [0.1, 0.15) is 5.75 Å². The predicted octanol–water partition coefficient (Wildman–Crippen LogP) is 3.82. The molecule has 16 heavy (non-hydrogen) atoms. The second-order valence-corrected chi connectivity index (χ2v) is 5.25. The van der Waals surface area contributed by atoms with Gasteiger partial charge in [-0.05, 0) is 43.5 Å². The van der Waals surface area contributed by atoms with Crippen LogP contribution < -0.4 is 5.32 Å². The summed E-state index contributed by atoms with van der Waals surface area (Å²) >= 11 is 3.49. The minimum atomic E-state index is 0.172. The quantitative estimate of drug-likeness (QED) is 0.862. The highest BCUT2D eigenvalue weighted by atomic mass is 79.9. The summed E-state index contributed by atoms with van der Waals surface area (Å²) < 4.78 is 1.03. The van der Waals surface area contributed by atoms with Crippen molar-refractivity contribution < 1.29 is 5.11 Å². The van der Waals surface area contributed by atoms with E-state index in [1.807, 2.05) is 6.07 Å². The number of aromatic hydroxyl groups is 1. The lowest BCUT2D eigenvalue weighted by Crippen LogP contribution is -2.40. The molecule has 3 heteroatoms. The van der Waals surface area contributed by atoms with Gasteiger partial charge in [0.05, 0.1) is 0 Å². The summed E-state index contributed by atoms with van der Waals surface area (Å²) in [6.45, 7) is 7.37. The van der Waals surface area contributed by atoms with Crippen LogP contribution in [0.2, 0.25) is 0 Å². The molecule has 0 aliphatic carbocycles. The number of rotatable bonds is 5. The van der Waals surface area contributed by atoms with E-state index in [1.165, 1.54) is 0 Å². The lowest BCUT2D eigenvalue weighted by atomic mass is 9.95. The summed E-state index contributed by atoms with van der Waals surface area (Å²) in [7, 11) is 0. The van der Waals surface area contributed by atoms with Crippen LogP contribution in [0.15, 0.2) is 22.7 Å². The van der Waals surface area contributed by atoms with Gasteiger partial charge >= 0.3 is 0 Å². The van der Waals surface area contributed by atoms with E-state index in [1.54, 1.807) is 12.1 Å². The fraction of sp³-hybridized carbons (Fsp3) is 0.538. The number of nitrogens with one attached hydrogen (secondary N) is 1. The molecule has 0 amide bonds. The lowest BCUT2D eigenvalue weighted by Gasteiger charge is -2.28. The van der Waals surface area contributed by atoms with Gasteiger partial charge in [-0.2, -0.15) is 0 Å². The third-order valence-electron chi connectivity index (χ3n) is 3.30. The fourth-order valence-electron chi connectivity index (χ4n) is 1.51. The fourth-order valence-corrected chi connectivity index (χ4v) is 1.89. The molecule has 0 bridgehead atoms. The van der Waals surface area contributed by atoms with E-state index in [4.69, 9.17) is 0 Å². The minimum Gasteiger partial charge on any atom is -0.508 e. The topological polar surface area (TPSA) is 32.3 Å². The predicted molar refractivity (Wildman–Crippen MR) is 71.6 cm³/mol. The molecule has 0 unspecified atom stereocenters. The molecule has 0 fully saturated rings. The summed E-state index contributed by atoms with van der Waals surface area (Å²) in [6.07, 6.45) is 2.19. The van der Waals surface area contributed by atoms with E-state index in [0.29, 0.717) is 5.75 Å². The molecule has 1 aromatic rings. The van der Waals surface area contributed by atoms with Crippen molar-refractivity contribution in [2.45, 2.75) is 45.7 Å². The van der Waals surface area contributed by atoms with Gasteiger partial charge < -0.3 is 10.4 Å². The van der Waals surface area contributed by atoms with Crippen LogP contribution in [0.1, 0.15) is 39.2 Å². The van der Waals surface area contributed by atoms with Crippen molar-refractivity contribution in [3.05, 3.63) is 28.2 Å². The van der Waals surface area contributed by atoms with Crippen molar-refractivity contribution in [2.24, 2.45) is 0 Å². The lowest BCUT2D eigenvalue weighted by molar-refractivity contribution is 0.329. The summed E-state index contributed by atoms with van der Waals surface area (Å²) in [6, 6.07) is 5.36. The highest BCUT2D eigenvalue weighted by molar-refractivity contribution is 9.10. The Labute approximate surface area is 106 Å². The highest BCUT2D eigenvalue weighted by Crippen LogP contribution is 2.23. The molecular weight excluding hydrogens is 266 g/mol. The van der Waals surface area contributed by atoms with E-state index < -0.39 is 0 Å². The number of phenolic OH excluding ortho intramolecular Hbond substituents is 1. The molecular formula is C13H20BrNO.